The number of likely N-dealkylation sites (N-methyl/N-ethyl adjacent to an activating group) is 1. The van der Waals surface area contributed by atoms with Crippen LogP contribution in [-0.2, 0) is 9.59 Å². The fraction of sp³-hybridized carbons (Fsp3) is 0.333. The summed E-state index contributed by atoms with van der Waals surface area (Å²) >= 11 is 0. The Labute approximate surface area is 164 Å². The van der Waals surface area contributed by atoms with Crippen LogP contribution in [0.4, 0.5) is 17.1 Å². The maximum absolute atomic E-state index is 13.2. The minimum Gasteiger partial charge on any atom is -0.364 e. The average molecular weight is 377 g/mol. The van der Waals surface area contributed by atoms with Gasteiger partial charge in [0.1, 0.15) is 6.07 Å². The topological polar surface area (TPSA) is 89.3 Å². The van der Waals surface area contributed by atoms with E-state index in [1.54, 1.807) is 29.8 Å². The van der Waals surface area contributed by atoms with Crippen LogP contribution in [0.3, 0.4) is 0 Å². The maximum Gasteiger partial charge on any atom is 0.246 e. The number of nitrogens with one attached hydrogen (secondary N) is 1. The first-order valence-corrected chi connectivity index (χ1v) is 9.12. The SMILES string of the molecule is Cc1cc(N(C)CC(=O)N2c3ccccc3NC(=O)CC2C)c(C#N)c(C)n1. The minimum atomic E-state index is -0.277. The highest BCUT2D eigenvalue weighted by Crippen LogP contribution is 2.31. The van der Waals surface area contributed by atoms with Crippen LogP contribution >= 0.6 is 0 Å². The van der Waals surface area contributed by atoms with Crippen molar-refractivity contribution in [2.45, 2.75) is 33.2 Å². The summed E-state index contributed by atoms with van der Waals surface area (Å²) in [5.41, 5.74) is 3.87. The van der Waals surface area contributed by atoms with E-state index in [9.17, 15) is 14.9 Å². The van der Waals surface area contributed by atoms with Crippen molar-refractivity contribution in [2.75, 3.05) is 28.7 Å². The van der Waals surface area contributed by atoms with Gasteiger partial charge in [-0.2, -0.15) is 5.26 Å². The lowest BCUT2D eigenvalue weighted by Gasteiger charge is -2.30. The van der Waals surface area contributed by atoms with Gasteiger partial charge in [0, 0.05) is 25.2 Å². The van der Waals surface area contributed by atoms with Crippen molar-refractivity contribution in [1.29, 1.82) is 5.26 Å². The van der Waals surface area contributed by atoms with Crippen molar-refractivity contribution < 1.29 is 9.59 Å². The molecule has 7 nitrogen and oxygen atoms in total. The van der Waals surface area contributed by atoms with E-state index in [4.69, 9.17) is 0 Å². The number of hydrogen-bond acceptors (Lipinski definition) is 5. The Hall–Kier alpha value is -3.40. The number of amides is 2. The number of rotatable bonds is 3. The van der Waals surface area contributed by atoms with Crippen LogP contribution < -0.4 is 15.1 Å². The zero-order valence-electron chi connectivity index (χ0n) is 16.5. The molecule has 3 rings (SSSR count). The van der Waals surface area contributed by atoms with Crippen LogP contribution in [0.2, 0.25) is 0 Å². The van der Waals surface area contributed by atoms with Crippen molar-refractivity contribution in [2.24, 2.45) is 0 Å². The van der Waals surface area contributed by atoms with Crippen molar-refractivity contribution in [3.63, 3.8) is 0 Å². The Morgan fingerprint density at radius 3 is 2.82 bits per heavy atom. The molecule has 1 N–H and O–H groups in total. The van der Waals surface area contributed by atoms with Crippen molar-refractivity contribution in [3.05, 3.63) is 47.3 Å². The number of carbonyl (C=O) groups excluding carboxylic acids is 2. The number of carbonyl (C=O) groups is 2. The number of anilines is 3. The van der Waals surface area contributed by atoms with Gasteiger partial charge in [-0.25, -0.2) is 0 Å². The number of para-hydroxylation sites is 2. The molecule has 0 radical (unpaired) electrons. The Morgan fingerprint density at radius 2 is 2.11 bits per heavy atom. The lowest BCUT2D eigenvalue weighted by atomic mass is 10.1. The second kappa shape index (κ2) is 7.69. The molecule has 0 spiro atoms. The van der Waals surface area contributed by atoms with Crippen molar-refractivity contribution >= 4 is 28.9 Å². The Morgan fingerprint density at radius 1 is 1.39 bits per heavy atom. The van der Waals surface area contributed by atoms with Gasteiger partial charge in [0.2, 0.25) is 11.8 Å². The molecule has 2 aromatic rings. The van der Waals surface area contributed by atoms with Crippen molar-refractivity contribution in [3.8, 4) is 6.07 Å². The third-order valence-corrected chi connectivity index (χ3v) is 4.83. The number of nitrogens with zero attached hydrogens (tertiary/aromatic N) is 4. The third-order valence-electron chi connectivity index (χ3n) is 4.83. The summed E-state index contributed by atoms with van der Waals surface area (Å²) in [5, 5.41) is 12.4. The first-order chi connectivity index (χ1) is 13.3. The summed E-state index contributed by atoms with van der Waals surface area (Å²) in [6, 6.07) is 11.0. The lowest BCUT2D eigenvalue weighted by molar-refractivity contribution is -0.118. The van der Waals surface area contributed by atoms with Crippen LogP contribution in [0.25, 0.3) is 0 Å². The van der Waals surface area contributed by atoms with Crippen LogP contribution in [0, 0.1) is 25.2 Å². The Bertz CT molecular complexity index is 979. The molecule has 2 amide bonds. The van der Waals surface area contributed by atoms with E-state index in [1.165, 1.54) is 0 Å². The van der Waals surface area contributed by atoms with Gasteiger partial charge in [0.05, 0.1) is 34.9 Å². The van der Waals surface area contributed by atoms with Gasteiger partial charge < -0.3 is 15.1 Å². The number of benzene rings is 1. The molecule has 1 atom stereocenters. The van der Waals surface area contributed by atoms with Crippen LogP contribution in [0.5, 0.6) is 0 Å². The number of hydrogen-bond donors (Lipinski definition) is 1. The molecule has 0 saturated carbocycles. The minimum absolute atomic E-state index is 0.0738. The monoisotopic (exact) mass is 377 g/mol. The highest BCUT2D eigenvalue weighted by Gasteiger charge is 2.30. The van der Waals surface area contributed by atoms with E-state index in [2.05, 4.69) is 16.4 Å². The second-order valence-corrected chi connectivity index (χ2v) is 7.09. The van der Waals surface area contributed by atoms with Crippen LogP contribution in [-0.4, -0.2) is 36.4 Å². The molecule has 1 aromatic carbocycles. The zero-order chi connectivity index (χ0) is 20.4. The average Bonchev–Trinajstić information content (AvgIpc) is 2.75. The predicted octanol–water partition coefficient (Wildman–Crippen LogP) is 2.77. The highest BCUT2D eigenvalue weighted by molar-refractivity contribution is 6.05. The molecular formula is C21H23N5O2. The molecule has 1 aromatic heterocycles. The molecule has 28 heavy (non-hydrogen) atoms. The molecule has 144 valence electrons. The second-order valence-electron chi connectivity index (χ2n) is 7.09. The fourth-order valence-corrected chi connectivity index (χ4v) is 3.58. The summed E-state index contributed by atoms with van der Waals surface area (Å²) in [5.74, 6) is -0.259. The number of fused-ring (bicyclic) bond motifs is 1. The van der Waals surface area contributed by atoms with Gasteiger partial charge in [-0.15, -0.1) is 0 Å². The van der Waals surface area contributed by atoms with Gasteiger partial charge in [0.15, 0.2) is 0 Å². The van der Waals surface area contributed by atoms with Gasteiger partial charge >= 0.3 is 0 Å². The van der Waals surface area contributed by atoms with E-state index in [1.807, 2.05) is 38.1 Å². The molecule has 2 heterocycles. The summed E-state index contributed by atoms with van der Waals surface area (Å²) in [7, 11) is 1.78. The van der Waals surface area contributed by atoms with E-state index < -0.39 is 0 Å². The molecule has 7 heteroatoms. The largest absolute Gasteiger partial charge is 0.364 e. The number of aryl methyl sites for hydroxylation is 2. The molecule has 0 bridgehead atoms. The summed E-state index contributed by atoms with van der Waals surface area (Å²) in [4.78, 5) is 33.1. The smallest absolute Gasteiger partial charge is 0.246 e. The maximum atomic E-state index is 13.2. The normalized spacial score (nSPS) is 15.9. The quantitative estimate of drug-likeness (QED) is 0.888. The van der Waals surface area contributed by atoms with E-state index in [0.717, 1.165) is 5.69 Å². The third kappa shape index (κ3) is 3.67. The van der Waals surface area contributed by atoms with Gasteiger partial charge in [-0.3, -0.25) is 14.6 Å². The highest BCUT2D eigenvalue weighted by atomic mass is 16.2. The Balaban J connectivity index is 1.93. The fourth-order valence-electron chi connectivity index (χ4n) is 3.58. The molecule has 0 fully saturated rings. The Kier molecular flexibility index (Phi) is 5.32. The van der Waals surface area contributed by atoms with E-state index in [0.29, 0.717) is 28.3 Å². The standard InChI is InChI=1S/C21H23N5O2/c1-13-9-19(16(11-22)15(3)23-13)25(4)12-21(28)26-14(2)10-20(27)24-17-7-5-6-8-18(17)26/h5-9,14H,10,12H2,1-4H3,(H,24,27). The lowest BCUT2D eigenvalue weighted by Crippen LogP contribution is -2.44. The van der Waals surface area contributed by atoms with Crippen LogP contribution in [0.15, 0.2) is 30.3 Å². The number of aromatic nitrogens is 1. The van der Waals surface area contributed by atoms with Gasteiger partial charge in [0.25, 0.3) is 0 Å². The number of nitriles is 1. The summed E-state index contributed by atoms with van der Waals surface area (Å²) < 4.78 is 0. The molecule has 0 saturated heterocycles. The van der Waals surface area contributed by atoms with E-state index >= 15 is 0 Å². The van der Waals surface area contributed by atoms with Crippen LogP contribution in [0.1, 0.15) is 30.3 Å². The number of pyridine rings is 1. The molecule has 0 aliphatic carbocycles. The summed E-state index contributed by atoms with van der Waals surface area (Å²) in [6.07, 6.45) is 0.223. The molecule has 1 aliphatic rings. The zero-order valence-corrected chi connectivity index (χ0v) is 16.5. The molecular weight excluding hydrogens is 354 g/mol. The summed E-state index contributed by atoms with van der Waals surface area (Å²) in [6.45, 7) is 5.58. The molecule has 1 unspecified atom stereocenters. The molecule has 1 aliphatic heterocycles. The van der Waals surface area contributed by atoms with Gasteiger partial charge in [-0.05, 0) is 39.0 Å². The van der Waals surface area contributed by atoms with Crippen molar-refractivity contribution in [1.82, 2.24) is 4.98 Å². The first-order valence-electron chi connectivity index (χ1n) is 9.12. The van der Waals surface area contributed by atoms with E-state index in [-0.39, 0.29) is 30.8 Å². The predicted molar refractivity (Wildman–Crippen MR) is 108 cm³/mol. The van der Waals surface area contributed by atoms with Gasteiger partial charge in [-0.1, -0.05) is 12.1 Å². The first kappa shape index (κ1) is 19.4.